The van der Waals surface area contributed by atoms with E-state index in [1.807, 2.05) is 24.3 Å². The molecule has 0 spiro atoms. The van der Waals surface area contributed by atoms with Crippen LogP contribution in [0.25, 0.3) is 0 Å². The summed E-state index contributed by atoms with van der Waals surface area (Å²) in [4.78, 5) is 15.5. The minimum absolute atomic E-state index is 0.175. The summed E-state index contributed by atoms with van der Waals surface area (Å²) in [6, 6.07) is 18.7. The summed E-state index contributed by atoms with van der Waals surface area (Å²) in [6.45, 7) is 7.07. The van der Waals surface area contributed by atoms with E-state index < -0.39 is 0 Å². The normalized spacial score (nSPS) is 17.0. The second-order valence-electron chi connectivity index (χ2n) is 7.32. The lowest BCUT2D eigenvalue weighted by molar-refractivity contribution is 0.0666. The minimum Gasteiger partial charge on any atom is -0.334 e. The van der Waals surface area contributed by atoms with Gasteiger partial charge in [0.2, 0.25) is 0 Å². The van der Waals surface area contributed by atoms with Gasteiger partial charge in [0.05, 0.1) is 0 Å². The molecule has 1 fully saturated rings. The van der Waals surface area contributed by atoms with Crippen LogP contribution in [0.4, 0.5) is 0 Å². The SMILES string of the molecule is CC(C)CN(C(=O)c1ccccc1Cc1ccccc1)[C@H]1CCNC1. The summed E-state index contributed by atoms with van der Waals surface area (Å²) < 4.78 is 0. The molecule has 1 amide bonds. The van der Waals surface area contributed by atoms with E-state index in [4.69, 9.17) is 0 Å². The first kappa shape index (κ1) is 17.7. The number of hydrogen-bond acceptors (Lipinski definition) is 2. The van der Waals surface area contributed by atoms with Crippen molar-refractivity contribution in [2.75, 3.05) is 19.6 Å². The standard InChI is InChI=1S/C22H28N2O/c1-17(2)16-24(20-12-13-23-15-20)22(25)21-11-7-6-10-19(21)14-18-8-4-3-5-9-18/h3-11,17,20,23H,12-16H2,1-2H3/t20-/m0/s1. The third-order valence-corrected chi connectivity index (χ3v) is 4.78. The molecule has 0 saturated carbocycles. The van der Waals surface area contributed by atoms with Gasteiger partial charge in [0, 0.05) is 24.7 Å². The third-order valence-electron chi connectivity index (χ3n) is 4.78. The number of carbonyl (C=O) groups is 1. The number of benzene rings is 2. The van der Waals surface area contributed by atoms with Crippen LogP contribution in [0.2, 0.25) is 0 Å². The Bertz CT molecular complexity index is 690. The fourth-order valence-corrected chi connectivity index (χ4v) is 3.55. The van der Waals surface area contributed by atoms with Gasteiger partial charge in [-0.05, 0) is 42.5 Å². The molecule has 132 valence electrons. The van der Waals surface area contributed by atoms with E-state index in [-0.39, 0.29) is 5.91 Å². The molecular weight excluding hydrogens is 308 g/mol. The van der Waals surface area contributed by atoms with Crippen LogP contribution in [0.15, 0.2) is 54.6 Å². The van der Waals surface area contributed by atoms with Crippen LogP contribution in [0.5, 0.6) is 0 Å². The molecule has 0 aliphatic carbocycles. The average molecular weight is 336 g/mol. The van der Waals surface area contributed by atoms with Crippen LogP contribution in [0, 0.1) is 5.92 Å². The van der Waals surface area contributed by atoms with Crippen molar-refractivity contribution in [1.29, 1.82) is 0 Å². The molecule has 0 radical (unpaired) electrons. The molecule has 2 aromatic rings. The van der Waals surface area contributed by atoms with Gasteiger partial charge in [-0.2, -0.15) is 0 Å². The molecule has 1 aliphatic heterocycles. The molecule has 0 unspecified atom stereocenters. The van der Waals surface area contributed by atoms with E-state index in [0.29, 0.717) is 12.0 Å². The Hall–Kier alpha value is -2.13. The smallest absolute Gasteiger partial charge is 0.254 e. The first-order valence-electron chi connectivity index (χ1n) is 9.28. The summed E-state index contributed by atoms with van der Waals surface area (Å²) in [5, 5.41) is 3.39. The molecule has 1 saturated heterocycles. The van der Waals surface area contributed by atoms with E-state index in [0.717, 1.165) is 43.6 Å². The molecule has 3 nitrogen and oxygen atoms in total. The van der Waals surface area contributed by atoms with Crippen molar-refractivity contribution in [2.24, 2.45) is 5.92 Å². The predicted octanol–water partition coefficient (Wildman–Crippen LogP) is 3.74. The number of amides is 1. The molecular formula is C22H28N2O. The fourth-order valence-electron chi connectivity index (χ4n) is 3.55. The molecule has 1 aliphatic rings. The van der Waals surface area contributed by atoms with Crippen molar-refractivity contribution in [3.8, 4) is 0 Å². The van der Waals surface area contributed by atoms with E-state index >= 15 is 0 Å². The first-order chi connectivity index (χ1) is 12.1. The Morgan fingerprint density at radius 2 is 1.84 bits per heavy atom. The molecule has 0 aromatic heterocycles. The van der Waals surface area contributed by atoms with Crippen LogP contribution in [0.3, 0.4) is 0 Å². The molecule has 2 aromatic carbocycles. The average Bonchev–Trinajstić information content (AvgIpc) is 3.15. The Morgan fingerprint density at radius 1 is 1.12 bits per heavy atom. The monoisotopic (exact) mass is 336 g/mol. The highest BCUT2D eigenvalue weighted by Gasteiger charge is 2.28. The van der Waals surface area contributed by atoms with E-state index in [2.05, 4.69) is 54.4 Å². The number of rotatable bonds is 6. The van der Waals surface area contributed by atoms with Crippen molar-refractivity contribution >= 4 is 5.91 Å². The molecule has 3 heteroatoms. The Kier molecular flexibility index (Phi) is 5.87. The second kappa shape index (κ2) is 8.30. The summed E-state index contributed by atoms with van der Waals surface area (Å²) >= 11 is 0. The zero-order valence-electron chi connectivity index (χ0n) is 15.2. The van der Waals surface area contributed by atoms with Gasteiger partial charge in [0.25, 0.3) is 5.91 Å². The van der Waals surface area contributed by atoms with E-state index in [1.54, 1.807) is 0 Å². The van der Waals surface area contributed by atoms with Crippen LogP contribution in [0.1, 0.15) is 41.8 Å². The van der Waals surface area contributed by atoms with Gasteiger partial charge in [-0.25, -0.2) is 0 Å². The number of hydrogen-bond donors (Lipinski definition) is 1. The largest absolute Gasteiger partial charge is 0.334 e. The zero-order valence-corrected chi connectivity index (χ0v) is 15.2. The Labute approximate surface area is 151 Å². The summed E-state index contributed by atoms with van der Waals surface area (Å²) in [5.74, 6) is 0.639. The Balaban J connectivity index is 1.87. The molecule has 25 heavy (non-hydrogen) atoms. The van der Waals surface area contributed by atoms with E-state index in [9.17, 15) is 4.79 Å². The van der Waals surface area contributed by atoms with Gasteiger partial charge in [-0.15, -0.1) is 0 Å². The highest BCUT2D eigenvalue weighted by Crippen LogP contribution is 2.20. The predicted molar refractivity (Wildman–Crippen MR) is 103 cm³/mol. The molecule has 1 heterocycles. The van der Waals surface area contributed by atoms with Crippen molar-refractivity contribution in [3.05, 3.63) is 71.3 Å². The maximum absolute atomic E-state index is 13.4. The lowest BCUT2D eigenvalue weighted by atomic mass is 9.98. The molecule has 0 bridgehead atoms. The van der Waals surface area contributed by atoms with Crippen molar-refractivity contribution in [1.82, 2.24) is 10.2 Å². The zero-order chi connectivity index (χ0) is 17.6. The van der Waals surface area contributed by atoms with Crippen molar-refractivity contribution in [3.63, 3.8) is 0 Å². The third kappa shape index (κ3) is 4.49. The van der Waals surface area contributed by atoms with Crippen LogP contribution in [-0.4, -0.2) is 36.5 Å². The molecule has 3 rings (SSSR count). The quantitative estimate of drug-likeness (QED) is 0.871. The van der Waals surface area contributed by atoms with Gasteiger partial charge in [0.15, 0.2) is 0 Å². The van der Waals surface area contributed by atoms with Crippen LogP contribution >= 0.6 is 0 Å². The Morgan fingerprint density at radius 3 is 2.52 bits per heavy atom. The first-order valence-corrected chi connectivity index (χ1v) is 9.28. The number of nitrogens with zero attached hydrogens (tertiary/aromatic N) is 1. The maximum Gasteiger partial charge on any atom is 0.254 e. The van der Waals surface area contributed by atoms with Gasteiger partial charge < -0.3 is 10.2 Å². The topological polar surface area (TPSA) is 32.3 Å². The number of nitrogens with one attached hydrogen (secondary N) is 1. The summed E-state index contributed by atoms with van der Waals surface area (Å²) in [6.07, 6.45) is 1.83. The highest BCUT2D eigenvalue weighted by atomic mass is 16.2. The molecule has 1 atom stereocenters. The molecule has 1 N–H and O–H groups in total. The fraction of sp³-hybridized carbons (Fsp3) is 0.409. The second-order valence-corrected chi connectivity index (χ2v) is 7.32. The highest BCUT2D eigenvalue weighted by molar-refractivity contribution is 5.96. The van der Waals surface area contributed by atoms with Crippen LogP contribution < -0.4 is 5.32 Å². The number of carbonyl (C=O) groups excluding carboxylic acids is 1. The lowest BCUT2D eigenvalue weighted by Gasteiger charge is -2.31. The van der Waals surface area contributed by atoms with Gasteiger partial charge in [-0.1, -0.05) is 62.4 Å². The van der Waals surface area contributed by atoms with E-state index in [1.165, 1.54) is 5.56 Å². The summed E-state index contributed by atoms with van der Waals surface area (Å²) in [5.41, 5.74) is 3.19. The minimum atomic E-state index is 0.175. The maximum atomic E-state index is 13.4. The van der Waals surface area contributed by atoms with Crippen LogP contribution in [-0.2, 0) is 6.42 Å². The lowest BCUT2D eigenvalue weighted by Crippen LogP contribution is -2.44. The van der Waals surface area contributed by atoms with Gasteiger partial charge >= 0.3 is 0 Å². The van der Waals surface area contributed by atoms with Crippen molar-refractivity contribution in [2.45, 2.75) is 32.7 Å². The summed E-state index contributed by atoms with van der Waals surface area (Å²) in [7, 11) is 0. The van der Waals surface area contributed by atoms with Crippen molar-refractivity contribution < 1.29 is 4.79 Å². The van der Waals surface area contributed by atoms with Gasteiger partial charge in [-0.3, -0.25) is 4.79 Å². The van der Waals surface area contributed by atoms with Gasteiger partial charge in [0.1, 0.15) is 0 Å².